The molecule has 0 amide bonds. The van der Waals surface area contributed by atoms with Gasteiger partial charge in [0.25, 0.3) is 0 Å². The van der Waals surface area contributed by atoms with E-state index in [1.165, 1.54) is 0 Å². The summed E-state index contributed by atoms with van der Waals surface area (Å²) in [5, 5.41) is 8.99. The van der Waals surface area contributed by atoms with Crippen molar-refractivity contribution in [1.82, 2.24) is 14.9 Å². The molecule has 2 rings (SSSR count). The smallest absolute Gasteiger partial charge is 0.354 e. The lowest BCUT2D eigenvalue weighted by molar-refractivity contribution is 0.0687. The van der Waals surface area contributed by atoms with Gasteiger partial charge in [0.1, 0.15) is 0 Å². The third-order valence-electron chi connectivity index (χ3n) is 2.50. The molecule has 2 N–H and O–H groups in total. The van der Waals surface area contributed by atoms with E-state index in [-0.39, 0.29) is 10.5 Å². The van der Waals surface area contributed by atoms with Crippen LogP contribution in [0.25, 0.3) is 0 Å². The zero-order valence-electron chi connectivity index (χ0n) is 8.28. The molecule has 1 aromatic heterocycles. The highest BCUT2D eigenvalue weighted by atomic mass is 32.1. The number of carbonyl (C=O) groups is 1. The van der Waals surface area contributed by atoms with Gasteiger partial charge in [0.2, 0.25) is 0 Å². The Kier molecular flexibility index (Phi) is 2.54. The maximum Gasteiger partial charge on any atom is 0.354 e. The summed E-state index contributed by atoms with van der Waals surface area (Å²) in [4.78, 5) is 19.9. The molecule has 0 aromatic carbocycles. The standard InChI is InChI=1S/C9H11N3O2S/c1-12-3-2-5-6(4-12)10-9(15)11-7(5)8(13)14/h2-4H2,1H3,(H,13,14)(H,10,11,15). The van der Waals surface area contributed by atoms with E-state index in [2.05, 4.69) is 14.9 Å². The maximum absolute atomic E-state index is 11.0. The molecule has 0 radical (unpaired) electrons. The molecular formula is C9H11N3O2S. The van der Waals surface area contributed by atoms with Gasteiger partial charge in [0.15, 0.2) is 10.5 Å². The Morgan fingerprint density at radius 1 is 1.67 bits per heavy atom. The van der Waals surface area contributed by atoms with Crippen molar-refractivity contribution >= 4 is 18.2 Å². The summed E-state index contributed by atoms with van der Waals surface area (Å²) >= 11 is 4.89. The van der Waals surface area contributed by atoms with Crippen LogP contribution >= 0.6 is 12.2 Å². The van der Waals surface area contributed by atoms with Crippen molar-refractivity contribution < 1.29 is 9.90 Å². The first-order valence-corrected chi connectivity index (χ1v) is 5.02. The molecule has 15 heavy (non-hydrogen) atoms. The molecule has 1 aromatic rings. The van der Waals surface area contributed by atoms with Crippen molar-refractivity contribution in [3.8, 4) is 0 Å². The molecular weight excluding hydrogens is 214 g/mol. The minimum Gasteiger partial charge on any atom is -0.476 e. The number of nitrogens with one attached hydrogen (secondary N) is 1. The number of rotatable bonds is 1. The predicted molar refractivity (Wildman–Crippen MR) is 56.4 cm³/mol. The fraction of sp³-hybridized carbons (Fsp3) is 0.444. The summed E-state index contributed by atoms with van der Waals surface area (Å²) in [7, 11) is 1.99. The first-order valence-electron chi connectivity index (χ1n) is 4.62. The first-order chi connectivity index (χ1) is 7.08. The van der Waals surface area contributed by atoms with E-state index in [4.69, 9.17) is 17.3 Å². The molecule has 2 heterocycles. The van der Waals surface area contributed by atoms with Crippen molar-refractivity contribution in [2.45, 2.75) is 13.0 Å². The van der Waals surface area contributed by atoms with Gasteiger partial charge in [-0.3, -0.25) is 0 Å². The second-order valence-electron chi connectivity index (χ2n) is 3.64. The number of aromatic carboxylic acids is 1. The van der Waals surface area contributed by atoms with E-state index in [0.717, 1.165) is 17.8 Å². The maximum atomic E-state index is 11.0. The van der Waals surface area contributed by atoms with Crippen LogP contribution in [0.5, 0.6) is 0 Å². The van der Waals surface area contributed by atoms with Crippen LogP contribution in [0.2, 0.25) is 0 Å². The lowest BCUT2D eigenvalue weighted by Gasteiger charge is -2.25. The van der Waals surface area contributed by atoms with Gasteiger partial charge in [-0.1, -0.05) is 0 Å². The number of H-pyrrole nitrogens is 1. The van der Waals surface area contributed by atoms with E-state index < -0.39 is 5.97 Å². The summed E-state index contributed by atoms with van der Waals surface area (Å²) in [5.74, 6) is -1.00. The van der Waals surface area contributed by atoms with Gasteiger partial charge in [-0.15, -0.1) is 0 Å². The molecule has 0 aliphatic carbocycles. The summed E-state index contributed by atoms with van der Waals surface area (Å²) in [6.45, 7) is 1.54. The first kappa shape index (κ1) is 10.3. The zero-order chi connectivity index (χ0) is 11.0. The lowest BCUT2D eigenvalue weighted by atomic mass is 10.0. The summed E-state index contributed by atoms with van der Waals surface area (Å²) in [6, 6.07) is 0. The molecule has 5 nitrogen and oxygen atoms in total. The number of fused-ring (bicyclic) bond motifs is 1. The van der Waals surface area contributed by atoms with Crippen molar-refractivity contribution in [2.24, 2.45) is 0 Å². The monoisotopic (exact) mass is 225 g/mol. The van der Waals surface area contributed by atoms with Gasteiger partial charge < -0.3 is 15.0 Å². The van der Waals surface area contributed by atoms with E-state index in [1.54, 1.807) is 0 Å². The number of aromatic amines is 1. The number of carboxylic acids is 1. The Labute approximate surface area is 91.8 Å². The molecule has 1 aliphatic heterocycles. The molecule has 0 spiro atoms. The van der Waals surface area contributed by atoms with Gasteiger partial charge in [0, 0.05) is 24.3 Å². The second-order valence-corrected chi connectivity index (χ2v) is 4.03. The van der Waals surface area contributed by atoms with Crippen molar-refractivity contribution in [1.29, 1.82) is 0 Å². The molecule has 0 saturated carbocycles. The van der Waals surface area contributed by atoms with E-state index >= 15 is 0 Å². The minimum absolute atomic E-state index is 0.0989. The van der Waals surface area contributed by atoms with Crippen LogP contribution in [0.1, 0.15) is 21.7 Å². The third kappa shape index (κ3) is 1.91. The normalized spacial score (nSPS) is 16.1. The highest BCUT2D eigenvalue weighted by Gasteiger charge is 2.21. The zero-order valence-corrected chi connectivity index (χ0v) is 9.10. The van der Waals surface area contributed by atoms with Crippen LogP contribution in [-0.2, 0) is 13.0 Å². The van der Waals surface area contributed by atoms with Crippen LogP contribution in [0.3, 0.4) is 0 Å². The van der Waals surface area contributed by atoms with Gasteiger partial charge in [0.05, 0.1) is 0 Å². The highest BCUT2D eigenvalue weighted by molar-refractivity contribution is 7.71. The topological polar surface area (TPSA) is 69.2 Å². The number of hydrogen-bond donors (Lipinski definition) is 2. The summed E-state index contributed by atoms with van der Waals surface area (Å²) in [6.07, 6.45) is 0.701. The van der Waals surface area contributed by atoms with E-state index in [0.29, 0.717) is 13.0 Å². The molecule has 6 heteroatoms. The van der Waals surface area contributed by atoms with Crippen LogP contribution in [0, 0.1) is 4.77 Å². The molecule has 1 aliphatic rings. The van der Waals surface area contributed by atoms with Crippen molar-refractivity contribution in [3.05, 3.63) is 21.7 Å². The van der Waals surface area contributed by atoms with E-state index in [1.807, 2.05) is 7.05 Å². The SMILES string of the molecule is CN1CCc2c(C(=O)O)nc(=S)[nH]c2C1. The van der Waals surface area contributed by atoms with Crippen LogP contribution in [0.15, 0.2) is 0 Å². The van der Waals surface area contributed by atoms with Crippen LogP contribution < -0.4 is 0 Å². The van der Waals surface area contributed by atoms with Gasteiger partial charge in [-0.2, -0.15) is 0 Å². The predicted octanol–water partition coefficient (Wildman–Crippen LogP) is 0.825. The number of aromatic nitrogens is 2. The summed E-state index contributed by atoms with van der Waals surface area (Å²) in [5.41, 5.74) is 1.76. The van der Waals surface area contributed by atoms with Gasteiger partial charge in [-0.05, 0) is 25.7 Å². The lowest BCUT2D eigenvalue weighted by Crippen LogP contribution is -2.29. The number of carboxylic acid groups (broad SMARTS) is 1. The van der Waals surface area contributed by atoms with Crippen molar-refractivity contribution in [3.63, 3.8) is 0 Å². The number of likely N-dealkylation sites (N-methyl/N-ethyl adjacent to an activating group) is 1. The molecule has 0 unspecified atom stereocenters. The van der Waals surface area contributed by atoms with Gasteiger partial charge >= 0.3 is 5.97 Å². The highest BCUT2D eigenvalue weighted by Crippen LogP contribution is 2.18. The summed E-state index contributed by atoms with van der Waals surface area (Å²) < 4.78 is 0.237. The Bertz CT molecular complexity index is 469. The average molecular weight is 225 g/mol. The molecule has 0 saturated heterocycles. The van der Waals surface area contributed by atoms with Gasteiger partial charge in [-0.25, -0.2) is 9.78 Å². The minimum atomic E-state index is -1.00. The van der Waals surface area contributed by atoms with Crippen molar-refractivity contribution in [2.75, 3.05) is 13.6 Å². The Morgan fingerprint density at radius 3 is 3.07 bits per heavy atom. The van der Waals surface area contributed by atoms with Crippen LogP contribution in [0.4, 0.5) is 0 Å². The quantitative estimate of drug-likeness (QED) is 0.693. The Hall–Kier alpha value is -1.27. The number of hydrogen-bond acceptors (Lipinski definition) is 4. The third-order valence-corrected chi connectivity index (χ3v) is 2.69. The average Bonchev–Trinajstić information content (AvgIpc) is 2.15. The fourth-order valence-corrected chi connectivity index (χ4v) is 1.99. The Morgan fingerprint density at radius 2 is 2.40 bits per heavy atom. The molecule has 0 fully saturated rings. The number of nitrogens with zero attached hydrogens (tertiary/aromatic N) is 2. The second kappa shape index (κ2) is 3.71. The molecule has 0 atom stereocenters. The van der Waals surface area contributed by atoms with E-state index in [9.17, 15) is 4.79 Å². The molecule has 0 bridgehead atoms. The van der Waals surface area contributed by atoms with Crippen LogP contribution in [-0.4, -0.2) is 39.5 Å². The Balaban J connectivity index is 2.59. The largest absolute Gasteiger partial charge is 0.476 e. The fourth-order valence-electron chi connectivity index (χ4n) is 1.78. The molecule has 80 valence electrons.